The van der Waals surface area contributed by atoms with E-state index in [9.17, 15) is 4.79 Å². The summed E-state index contributed by atoms with van der Waals surface area (Å²) in [5.74, 6) is 1.89. The number of hydrogen-bond acceptors (Lipinski definition) is 9. The number of nitrogens with one attached hydrogen (secondary N) is 2. The van der Waals surface area contributed by atoms with E-state index in [1.54, 1.807) is 36.3 Å². The first-order valence-corrected chi connectivity index (χ1v) is 10.8. The Hall–Kier alpha value is -3.53. The van der Waals surface area contributed by atoms with E-state index in [1.807, 2.05) is 24.4 Å². The van der Waals surface area contributed by atoms with Gasteiger partial charge in [-0.15, -0.1) is 11.8 Å². The first-order valence-electron chi connectivity index (χ1n) is 9.84. The summed E-state index contributed by atoms with van der Waals surface area (Å²) in [5.41, 5.74) is 5.06. The minimum atomic E-state index is -0.236. The summed E-state index contributed by atoms with van der Waals surface area (Å²) in [7, 11) is 4.59. The summed E-state index contributed by atoms with van der Waals surface area (Å²) in [6.45, 7) is 0. The molecule has 0 spiro atoms. The summed E-state index contributed by atoms with van der Waals surface area (Å²) >= 11 is 1.61. The molecule has 10 heteroatoms. The standard InChI is InChI=1S/C22H23N5O4S/c1-29-17-8-15(9-18(30-2)19(17)31-3)26-21(28)14-6-4-5-13(7-14)11-32-22-16-10-25-27-20(16)23-12-24-22/h4-10,12,16,20,27H,11H2,1-3H3,(H,26,28). The minimum Gasteiger partial charge on any atom is -0.493 e. The zero-order valence-electron chi connectivity index (χ0n) is 17.9. The smallest absolute Gasteiger partial charge is 0.255 e. The van der Waals surface area contributed by atoms with Crippen molar-refractivity contribution in [1.82, 2.24) is 5.43 Å². The average Bonchev–Trinajstić information content (AvgIpc) is 3.31. The highest BCUT2D eigenvalue weighted by molar-refractivity contribution is 8.13. The van der Waals surface area contributed by atoms with E-state index in [0.29, 0.717) is 34.3 Å². The number of methoxy groups -OCH3 is 3. The quantitative estimate of drug-likeness (QED) is 0.667. The SMILES string of the molecule is COc1cc(NC(=O)c2cccc(CSC3=NC=NC4NN=CC34)c2)cc(OC)c1OC. The van der Waals surface area contributed by atoms with Crippen LogP contribution in [-0.2, 0) is 5.75 Å². The van der Waals surface area contributed by atoms with Gasteiger partial charge in [-0.3, -0.25) is 10.2 Å². The third-order valence-corrected chi connectivity index (χ3v) is 6.13. The number of thioether (sulfide) groups is 1. The normalized spacial score (nSPS) is 18.4. The van der Waals surface area contributed by atoms with Crippen molar-refractivity contribution in [1.29, 1.82) is 0 Å². The molecular weight excluding hydrogens is 430 g/mol. The van der Waals surface area contributed by atoms with Gasteiger partial charge in [0.05, 0.1) is 32.3 Å². The molecule has 4 rings (SSSR count). The topological polar surface area (TPSA) is 106 Å². The minimum absolute atomic E-state index is 0.0523. The maximum absolute atomic E-state index is 12.9. The first-order chi connectivity index (χ1) is 15.6. The molecule has 2 unspecified atom stereocenters. The van der Waals surface area contributed by atoms with Crippen LogP contribution in [0.4, 0.5) is 5.69 Å². The number of rotatable bonds is 7. The lowest BCUT2D eigenvalue weighted by molar-refractivity contribution is 0.102. The van der Waals surface area contributed by atoms with Crippen LogP contribution in [0.25, 0.3) is 0 Å². The van der Waals surface area contributed by atoms with Gasteiger partial charge in [-0.25, -0.2) is 9.98 Å². The van der Waals surface area contributed by atoms with E-state index in [0.717, 1.165) is 10.6 Å². The van der Waals surface area contributed by atoms with Crippen molar-refractivity contribution >= 4 is 41.0 Å². The zero-order chi connectivity index (χ0) is 22.5. The molecule has 0 saturated carbocycles. The monoisotopic (exact) mass is 453 g/mol. The molecule has 0 saturated heterocycles. The number of carbonyl (C=O) groups is 1. The van der Waals surface area contributed by atoms with Crippen molar-refractivity contribution < 1.29 is 19.0 Å². The highest BCUT2D eigenvalue weighted by atomic mass is 32.2. The number of carbonyl (C=O) groups excluding carboxylic acids is 1. The second kappa shape index (κ2) is 9.73. The summed E-state index contributed by atoms with van der Waals surface area (Å²) in [6, 6.07) is 10.9. The molecule has 0 aromatic heterocycles. The number of benzene rings is 2. The Morgan fingerprint density at radius 2 is 1.91 bits per heavy atom. The van der Waals surface area contributed by atoms with Crippen molar-refractivity contribution in [3.8, 4) is 17.2 Å². The second-order valence-electron chi connectivity index (χ2n) is 6.97. The highest BCUT2D eigenvalue weighted by Gasteiger charge is 2.30. The molecule has 2 N–H and O–H groups in total. The molecule has 166 valence electrons. The van der Waals surface area contributed by atoms with Crippen LogP contribution in [0.5, 0.6) is 17.2 Å². The van der Waals surface area contributed by atoms with Crippen LogP contribution < -0.4 is 25.0 Å². The lowest BCUT2D eigenvalue weighted by atomic mass is 10.1. The summed E-state index contributed by atoms with van der Waals surface area (Å²) in [4.78, 5) is 21.5. The Morgan fingerprint density at radius 1 is 1.12 bits per heavy atom. The largest absolute Gasteiger partial charge is 0.493 e. The molecule has 0 fully saturated rings. The Labute approximate surface area is 190 Å². The first kappa shape index (κ1) is 21.7. The van der Waals surface area contributed by atoms with Crippen molar-refractivity contribution in [3.63, 3.8) is 0 Å². The number of hydrogen-bond donors (Lipinski definition) is 2. The van der Waals surface area contributed by atoms with Crippen molar-refractivity contribution in [2.24, 2.45) is 21.0 Å². The molecule has 1 amide bonds. The fourth-order valence-corrected chi connectivity index (χ4v) is 4.38. The summed E-state index contributed by atoms with van der Waals surface area (Å²) in [6.07, 6.45) is 3.31. The number of anilines is 1. The lowest BCUT2D eigenvalue weighted by Gasteiger charge is -2.18. The maximum atomic E-state index is 12.9. The number of ether oxygens (including phenoxy) is 3. The molecule has 2 atom stereocenters. The van der Waals surface area contributed by atoms with Gasteiger partial charge in [0, 0.05) is 35.4 Å². The van der Waals surface area contributed by atoms with Gasteiger partial charge in [-0.05, 0) is 17.7 Å². The van der Waals surface area contributed by atoms with E-state index in [1.165, 1.54) is 21.3 Å². The Bertz CT molecular complexity index is 1080. The van der Waals surface area contributed by atoms with Gasteiger partial charge in [0.25, 0.3) is 5.91 Å². The molecule has 2 aliphatic rings. The van der Waals surface area contributed by atoms with Gasteiger partial charge < -0.3 is 19.5 Å². The number of aliphatic imine (C=N–C) groups is 2. The molecule has 2 aromatic carbocycles. The van der Waals surface area contributed by atoms with Crippen LogP contribution in [0.1, 0.15) is 15.9 Å². The Kier molecular flexibility index (Phi) is 6.60. The maximum Gasteiger partial charge on any atom is 0.255 e. The molecule has 9 nitrogen and oxygen atoms in total. The van der Waals surface area contributed by atoms with Crippen LogP contribution in [0, 0.1) is 5.92 Å². The predicted octanol–water partition coefficient (Wildman–Crippen LogP) is 3.17. The molecular formula is C22H23N5O4S. The van der Waals surface area contributed by atoms with E-state index in [4.69, 9.17) is 14.2 Å². The second-order valence-corrected chi connectivity index (χ2v) is 7.96. The van der Waals surface area contributed by atoms with E-state index in [2.05, 4.69) is 25.8 Å². The number of amides is 1. The van der Waals surface area contributed by atoms with Crippen LogP contribution in [0.2, 0.25) is 0 Å². The molecule has 0 bridgehead atoms. The number of nitrogens with zero attached hydrogens (tertiary/aromatic N) is 3. The Balaban J connectivity index is 1.45. The van der Waals surface area contributed by atoms with E-state index >= 15 is 0 Å². The van der Waals surface area contributed by atoms with Crippen molar-refractivity contribution in [2.75, 3.05) is 26.6 Å². The third kappa shape index (κ3) is 4.54. The van der Waals surface area contributed by atoms with Gasteiger partial charge in [0.2, 0.25) is 5.75 Å². The average molecular weight is 454 g/mol. The van der Waals surface area contributed by atoms with Gasteiger partial charge >= 0.3 is 0 Å². The molecule has 2 aromatic rings. The number of fused-ring (bicyclic) bond motifs is 1. The predicted molar refractivity (Wildman–Crippen MR) is 127 cm³/mol. The van der Waals surface area contributed by atoms with Gasteiger partial charge in [0.1, 0.15) is 12.5 Å². The molecule has 2 heterocycles. The molecule has 2 aliphatic heterocycles. The van der Waals surface area contributed by atoms with E-state index in [-0.39, 0.29) is 18.0 Å². The lowest BCUT2D eigenvalue weighted by Crippen LogP contribution is -2.32. The van der Waals surface area contributed by atoms with Crippen LogP contribution >= 0.6 is 11.8 Å². The van der Waals surface area contributed by atoms with Crippen molar-refractivity contribution in [2.45, 2.75) is 11.9 Å². The highest BCUT2D eigenvalue weighted by Crippen LogP contribution is 2.40. The van der Waals surface area contributed by atoms with Crippen LogP contribution in [0.15, 0.2) is 51.5 Å². The summed E-state index contributed by atoms with van der Waals surface area (Å²) in [5, 5.41) is 7.93. The molecule has 0 radical (unpaired) electrons. The fourth-order valence-electron chi connectivity index (χ4n) is 3.38. The van der Waals surface area contributed by atoms with Gasteiger partial charge in [0.15, 0.2) is 11.5 Å². The van der Waals surface area contributed by atoms with Gasteiger partial charge in [-0.1, -0.05) is 12.1 Å². The summed E-state index contributed by atoms with van der Waals surface area (Å²) < 4.78 is 16.0. The zero-order valence-corrected chi connectivity index (χ0v) is 18.7. The molecule has 0 aliphatic carbocycles. The molecule has 32 heavy (non-hydrogen) atoms. The van der Waals surface area contributed by atoms with E-state index < -0.39 is 0 Å². The Morgan fingerprint density at radius 3 is 2.62 bits per heavy atom. The third-order valence-electron chi connectivity index (χ3n) is 4.98. The fraction of sp³-hybridized carbons (Fsp3) is 0.273. The van der Waals surface area contributed by atoms with Gasteiger partial charge in [-0.2, -0.15) is 5.10 Å². The van der Waals surface area contributed by atoms with Crippen LogP contribution in [0.3, 0.4) is 0 Å². The van der Waals surface area contributed by atoms with Crippen molar-refractivity contribution in [3.05, 3.63) is 47.5 Å². The van der Waals surface area contributed by atoms with Crippen LogP contribution in [-0.4, -0.2) is 51.0 Å². The number of hydrazone groups is 1.